The van der Waals surface area contributed by atoms with Gasteiger partial charge in [-0.15, -0.1) is 0 Å². The maximum Gasteiger partial charge on any atom is 0.343 e. The van der Waals surface area contributed by atoms with Crippen LogP contribution in [-0.4, -0.2) is 42.7 Å². The number of ether oxygens (including phenoxy) is 1. The zero-order valence-corrected chi connectivity index (χ0v) is 14.6. The molecule has 1 N–H and O–H groups in total. The van der Waals surface area contributed by atoms with Crippen molar-refractivity contribution in [2.45, 2.75) is 44.1 Å². The van der Waals surface area contributed by atoms with Crippen LogP contribution >= 0.6 is 0 Å². The average molecular weight is 331 g/mol. The number of carbonyl (C=O) groups excluding carboxylic acids is 1. The van der Waals surface area contributed by atoms with Crippen molar-refractivity contribution in [2.24, 2.45) is 11.8 Å². The molecule has 1 aromatic rings. The number of benzene rings is 1. The van der Waals surface area contributed by atoms with Crippen LogP contribution in [-0.2, 0) is 15.1 Å². The Morgan fingerprint density at radius 1 is 1.17 bits per heavy atom. The Kier molecular flexibility index (Phi) is 5.57. The molecule has 0 radical (unpaired) electrons. The Morgan fingerprint density at radius 2 is 1.79 bits per heavy atom. The molecule has 1 saturated heterocycles. The summed E-state index contributed by atoms with van der Waals surface area (Å²) >= 11 is 0. The number of hydrogen-bond acceptors (Lipinski definition) is 4. The molecule has 1 aliphatic carbocycles. The van der Waals surface area contributed by atoms with Crippen LogP contribution in [0.3, 0.4) is 0 Å². The summed E-state index contributed by atoms with van der Waals surface area (Å²) in [7, 11) is 2.12. The van der Waals surface area contributed by atoms with Gasteiger partial charge in [-0.05, 0) is 57.3 Å². The minimum atomic E-state index is -1.50. The fourth-order valence-electron chi connectivity index (χ4n) is 4.09. The van der Waals surface area contributed by atoms with E-state index in [-0.39, 0.29) is 5.92 Å². The van der Waals surface area contributed by atoms with Crippen LogP contribution in [0.25, 0.3) is 0 Å². The molecule has 1 atom stereocenters. The van der Waals surface area contributed by atoms with Crippen LogP contribution in [0.4, 0.5) is 0 Å². The minimum Gasteiger partial charge on any atom is -0.463 e. The number of hydrogen-bond donors (Lipinski definition) is 1. The summed E-state index contributed by atoms with van der Waals surface area (Å²) in [6.45, 7) is 2.52. The van der Waals surface area contributed by atoms with E-state index in [1.54, 1.807) is 0 Å². The highest BCUT2D eigenvalue weighted by Gasteiger charge is 2.47. The van der Waals surface area contributed by atoms with Crippen molar-refractivity contribution in [3.63, 3.8) is 0 Å². The molecule has 1 aromatic carbocycles. The predicted molar refractivity (Wildman–Crippen MR) is 93.5 cm³/mol. The van der Waals surface area contributed by atoms with Gasteiger partial charge >= 0.3 is 5.97 Å². The quantitative estimate of drug-likeness (QED) is 0.843. The Bertz CT molecular complexity index is 533. The van der Waals surface area contributed by atoms with Gasteiger partial charge in [0, 0.05) is 5.92 Å². The number of aliphatic hydroxyl groups is 1. The lowest BCUT2D eigenvalue weighted by Gasteiger charge is -2.34. The smallest absolute Gasteiger partial charge is 0.343 e. The molecule has 1 heterocycles. The number of carbonyl (C=O) groups is 1. The van der Waals surface area contributed by atoms with Gasteiger partial charge in [0.1, 0.15) is 0 Å². The fourth-order valence-corrected chi connectivity index (χ4v) is 4.09. The molecule has 3 rings (SSSR count). The first-order valence-corrected chi connectivity index (χ1v) is 9.24. The van der Waals surface area contributed by atoms with Gasteiger partial charge in [0.2, 0.25) is 0 Å². The zero-order valence-electron chi connectivity index (χ0n) is 14.6. The van der Waals surface area contributed by atoms with Crippen LogP contribution in [0.5, 0.6) is 0 Å². The Hall–Kier alpha value is -1.39. The van der Waals surface area contributed by atoms with Crippen LogP contribution in [0.2, 0.25) is 0 Å². The Morgan fingerprint density at radius 3 is 2.42 bits per heavy atom. The van der Waals surface area contributed by atoms with Crippen molar-refractivity contribution in [1.82, 2.24) is 4.90 Å². The number of rotatable bonds is 5. The molecule has 132 valence electrons. The molecule has 4 heteroatoms. The van der Waals surface area contributed by atoms with E-state index in [4.69, 9.17) is 4.74 Å². The Labute approximate surface area is 144 Å². The minimum absolute atomic E-state index is 0.0371. The van der Waals surface area contributed by atoms with Crippen molar-refractivity contribution in [1.29, 1.82) is 0 Å². The van der Waals surface area contributed by atoms with Gasteiger partial charge in [-0.2, -0.15) is 0 Å². The molecular formula is C20H29NO3. The number of esters is 1. The van der Waals surface area contributed by atoms with Crippen LogP contribution < -0.4 is 0 Å². The molecule has 1 aliphatic heterocycles. The summed E-state index contributed by atoms with van der Waals surface area (Å²) in [6.07, 6.45) is 6.02. The molecule has 2 aliphatic rings. The number of nitrogens with zero attached hydrogens (tertiary/aromatic N) is 1. The topological polar surface area (TPSA) is 49.8 Å². The maximum atomic E-state index is 12.9. The molecule has 0 spiro atoms. The molecule has 0 bridgehead atoms. The monoisotopic (exact) mass is 331 g/mol. The van der Waals surface area contributed by atoms with Crippen molar-refractivity contribution in [3.8, 4) is 0 Å². The lowest BCUT2D eigenvalue weighted by Crippen LogP contribution is -2.44. The van der Waals surface area contributed by atoms with E-state index in [0.717, 1.165) is 51.6 Å². The molecule has 24 heavy (non-hydrogen) atoms. The normalized spacial score (nSPS) is 23.1. The summed E-state index contributed by atoms with van der Waals surface area (Å²) in [5, 5.41) is 11.3. The van der Waals surface area contributed by atoms with E-state index < -0.39 is 11.6 Å². The first kappa shape index (κ1) is 17.4. The van der Waals surface area contributed by atoms with E-state index in [2.05, 4.69) is 11.9 Å². The fraction of sp³-hybridized carbons (Fsp3) is 0.650. The van der Waals surface area contributed by atoms with Gasteiger partial charge in [-0.1, -0.05) is 43.2 Å². The molecule has 2 fully saturated rings. The third-order valence-electron chi connectivity index (χ3n) is 5.76. The summed E-state index contributed by atoms with van der Waals surface area (Å²) in [5.41, 5.74) is -0.825. The zero-order chi connectivity index (χ0) is 17.0. The van der Waals surface area contributed by atoms with Gasteiger partial charge in [0.25, 0.3) is 0 Å². The van der Waals surface area contributed by atoms with Crippen LogP contribution in [0.15, 0.2) is 30.3 Å². The third kappa shape index (κ3) is 3.65. The second-order valence-electron chi connectivity index (χ2n) is 7.46. The van der Waals surface area contributed by atoms with Gasteiger partial charge < -0.3 is 14.7 Å². The molecular weight excluding hydrogens is 302 g/mol. The predicted octanol–water partition coefficient (Wildman–Crippen LogP) is 2.95. The van der Waals surface area contributed by atoms with Crippen molar-refractivity contribution >= 4 is 5.97 Å². The van der Waals surface area contributed by atoms with Gasteiger partial charge in [0.15, 0.2) is 5.60 Å². The lowest BCUT2D eigenvalue weighted by molar-refractivity contribution is -0.175. The van der Waals surface area contributed by atoms with Crippen molar-refractivity contribution < 1.29 is 14.6 Å². The van der Waals surface area contributed by atoms with E-state index >= 15 is 0 Å². The first-order chi connectivity index (χ1) is 11.6. The van der Waals surface area contributed by atoms with Gasteiger partial charge in [-0.25, -0.2) is 4.79 Å². The highest BCUT2D eigenvalue weighted by atomic mass is 16.5. The van der Waals surface area contributed by atoms with Crippen molar-refractivity contribution in [2.75, 3.05) is 26.7 Å². The van der Waals surface area contributed by atoms with Crippen LogP contribution in [0.1, 0.15) is 44.1 Å². The first-order valence-electron chi connectivity index (χ1n) is 9.24. The standard InChI is InChI=1S/C20H29NO3/c1-21-13-11-16(12-14-21)15-24-19(22)20(23,18-9-5-6-10-18)17-7-3-2-4-8-17/h2-4,7-8,16,18,23H,5-6,9-15H2,1H3/t20-/m1/s1. The summed E-state index contributed by atoms with van der Waals surface area (Å²) in [6, 6.07) is 9.34. The second-order valence-corrected chi connectivity index (χ2v) is 7.46. The van der Waals surface area contributed by atoms with Crippen LogP contribution in [0, 0.1) is 11.8 Å². The summed E-state index contributed by atoms with van der Waals surface area (Å²) < 4.78 is 5.64. The molecule has 0 amide bonds. The largest absolute Gasteiger partial charge is 0.463 e. The van der Waals surface area contributed by atoms with Gasteiger partial charge in [0.05, 0.1) is 6.61 Å². The molecule has 4 nitrogen and oxygen atoms in total. The lowest BCUT2D eigenvalue weighted by atomic mass is 9.80. The Balaban J connectivity index is 1.69. The summed E-state index contributed by atoms with van der Waals surface area (Å²) in [5.74, 6) is -0.0850. The average Bonchev–Trinajstić information content (AvgIpc) is 3.16. The number of likely N-dealkylation sites (tertiary alicyclic amines) is 1. The highest BCUT2D eigenvalue weighted by molar-refractivity contribution is 5.81. The third-order valence-corrected chi connectivity index (χ3v) is 5.76. The SMILES string of the molecule is CN1CCC(COC(=O)[C@@](O)(c2ccccc2)C2CCCC2)CC1. The molecule has 0 aromatic heterocycles. The highest BCUT2D eigenvalue weighted by Crippen LogP contribution is 2.41. The number of piperidine rings is 1. The van der Waals surface area contributed by atoms with E-state index in [0.29, 0.717) is 18.1 Å². The second kappa shape index (κ2) is 7.66. The van der Waals surface area contributed by atoms with E-state index in [1.165, 1.54) is 0 Å². The van der Waals surface area contributed by atoms with Gasteiger partial charge in [-0.3, -0.25) is 0 Å². The van der Waals surface area contributed by atoms with Crippen molar-refractivity contribution in [3.05, 3.63) is 35.9 Å². The van der Waals surface area contributed by atoms with E-state index in [1.807, 2.05) is 30.3 Å². The van der Waals surface area contributed by atoms with E-state index in [9.17, 15) is 9.90 Å². The molecule has 1 saturated carbocycles. The summed E-state index contributed by atoms with van der Waals surface area (Å²) in [4.78, 5) is 15.2. The maximum absolute atomic E-state index is 12.9. The molecule has 0 unspecified atom stereocenters.